The van der Waals surface area contributed by atoms with Gasteiger partial charge >= 0.3 is 5.97 Å². The number of carboxylic acids is 1. The smallest absolute Gasteiger partial charge is 0.326 e. The Morgan fingerprint density at radius 2 is 2.00 bits per heavy atom. The van der Waals surface area contributed by atoms with Crippen LogP contribution in [0, 0.1) is 5.41 Å². The molecule has 0 bridgehead atoms. The molecule has 0 aliphatic heterocycles. The van der Waals surface area contributed by atoms with Gasteiger partial charge in [0, 0.05) is 6.42 Å². The lowest BCUT2D eigenvalue weighted by atomic mass is 9.86. The number of carboxylic acid groups (broad SMARTS) is 1. The van der Waals surface area contributed by atoms with Crippen LogP contribution < -0.4 is 10.1 Å². The van der Waals surface area contributed by atoms with Crippen LogP contribution in [0.1, 0.15) is 32.8 Å². The van der Waals surface area contributed by atoms with Crippen LogP contribution in [0.15, 0.2) is 24.3 Å². The molecule has 0 heterocycles. The normalized spacial score (nSPS) is 12.6. The first-order valence-electron chi connectivity index (χ1n) is 6.89. The van der Waals surface area contributed by atoms with E-state index >= 15 is 0 Å². The van der Waals surface area contributed by atoms with Crippen molar-refractivity contribution in [3.63, 3.8) is 0 Å². The maximum absolute atomic E-state index is 11.9. The fourth-order valence-corrected chi connectivity index (χ4v) is 1.97. The maximum atomic E-state index is 11.9. The number of carbonyl (C=O) groups is 2. The molecule has 0 unspecified atom stereocenters. The van der Waals surface area contributed by atoms with Gasteiger partial charge in [0.2, 0.25) is 5.91 Å². The van der Waals surface area contributed by atoms with Crippen molar-refractivity contribution >= 4 is 11.9 Å². The maximum Gasteiger partial charge on any atom is 0.326 e. The fraction of sp³-hybridized carbons (Fsp3) is 0.500. The van der Waals surface area contributed by atoms with Crippen molar-refractivity contribution in [2.24, 2.45) is 5.41 Å². The van der Waals surface area contributed by atoms with Crippen LogP contribution in [-0.4, -0.2) is 30.1 Å². The summed E-state index contributed by atoms with van der Waals surface area (Å²) in [5.74, 6) is -0.539. The van der Waals surface area contributed by atoms with E-state index in [1.165, 1.54) is 0 Å². The third-order valence-corrected chi connectivity index (χ3v) is 3.19. The summed E-state index contributed by atoms with van der Waals surface area (Å²) in [4.78, 5) is 23.1. The van der Waals surface area contributed by atoms with Crippen LogP contribution in [0.5, 0.6) is 5.75 Å². The summed E-state index contributed by atoms with van der Waals surface area (Å²) in [6.07, 6.45) is 0.784. The highest BCUT2D eigenvalue weighted by Crippen LogP contribution is 2.20. The Hall–Kier alpha value is -2.04. The van der Waals surface area contributed by atoms with E-state index in [0.717, 1.165) is 11.3 Å². The molecule has 0 aliphatic carbocycles. The minimum atomic E-state index is -1.02. The first-order chi connectivity index (χ1) is 9.74. The van der Waals surface area contributed by atoms with Gasteiger partial charge in [-0.05, 0) is 29.5 Å². The number of rotatable bonds is 6. The monoisotopic (exact) mass is 293 g/mol. The second kappa shape index (κ2) is 7.11. The number of aliphatic carboxylic acids is 1. The Morgan fingerprint density at radius 1 is 1.33 bits per heavy atom. The number of methoxy groups -OCH3 is 1. The molecule has 21 heavy (non-hydrogen) atoms. The van der Waals surface area contributed by atoms with Crippen molar-refractivity contribution in [1.29, 1.82) is 0 Å². The van der Waals surface area contributed by atoms with E-state index in [9.17, 15) is 14.7 Å². The molecule has 1 aromatic carbocycles. The number of hydrogen-bond donors (Lipinski definition) is 2. The van der Waals surface area contributed by atoms with Gasteiger partial charge in [0.15, 0.2) is 0 Å². The molecule has 0 aliphatic rings. The molecule has 2 N–H and O–H groups in total. The standard InChI is InChI=1S/C16H23NO4/c1-16(2,3)14(15(19)20)17-13(18)9-8-11-6-5-7-12(10-11)21-4/h5-7,10,14H,8-9H2,1-4H3,(H,17,18)(H,19,20)/t14-/m1/s1. The van der Waals surface area contributed by atoms with E-state index in [0.29, 0.717) is 6.42 Å². The van der Waals surface area contributed by atoms with E-state index in [4.69, 9.17) is 4.74 Å². The molecule has 5 heteroatoms. The highest BCUT2D eigenvalue weighted by Gasteiger charge is 2.32. The predicted octanol–water partition coefficient (Wildman–Crippen LogP) is 2.24. The average molecular weight is 293 g/mol. The Bertz CT molecular complexity index is 505. The first-order valence-corrected chi connectivity index (χ1v) is 6.89. The van der Waals surface area contributed by atoms with E-state index in [1.807, 2.05) is 24.3 Å². The van der Waals surface area contributed by atoms with E-state index in [1.54, 1.807) is 27.9 Å². The molecule has 1 amide bonds. The van der Waals surface area contributed by atoms with Crippen LogP contribution in [0.4, 0.5) is 0 Å². The van der Waals surface area contributed by atoms with Gasteiger partial charge in [-0.15, -0.1) is 0 Å². The summed E-state index contributed by atoms with van der Waals surface area (Å²) in [6, 6.07) is 6.58. The summed E-state index contributed by atoms with van der Waals surface area (Å²) in [5.41, 5.74) is 0.449. The van der Waals surface area contributed by atoms with Gasteiger partial charge in [0.05, 0.1) is 7.11 Å². The van der Waals surface area contributed by atoms with Crippen LogP contribution >= 0.6 is 0 Å². The molecule has 0 saturated heterocycles. The lowest BCUT2D eigenvalue weighted by Gasteiger charge is -2.27. The van der Waals surface area contributed by atoms with Crippen LogP contribution in [0.3, 0.4) is 0 Å². The van der Waals surface area contributed by atoms with Crippen molar-refractivity contribution < 1.29 is 19.4 Å². The largest absolute Gasteiger partial charge is 0.497 e. The summed E-state index contributed by atoms with van der Waals surface area (Å²) in [5, 5.41) is 11.8. The molecule has 116 valence electrons. The highest BCUT2D eigenvalue weighted by atomic mass is 16.5. The topological polar surface area (TPSA) is 75.6 Å². The van der Waals surface area contributed by atoms with E-state index < -0.39 is 17.4 Å². The fourth-order valence-electron chi connectivity index (χ4n) is 1.97. The van der Waals surface area contributed by atoms with Gasteiger partial charge < -0.3 is 15.2 Å². The molecular formula is C16H23NO4. The lowest BCUT2D eigenvalue weighted by Crippen LogP contribution is -2.49. The second-order valence-electron chi connectivity index (χ2n) is 6.06. The van der Waals surface area contributed by atoms with Gasteiger partial charge in [0.1, 0.15) is 11.8 Å². The molecule has 0 fully saturated rings. The first kappa shape index (κ1) is 17.0. The van der Waals surface area contributed by atoms with Crippen LogP contribution in [0.25, 0.3) is 0 Å². The Labute approximate surface area is 125 Å². The molecule has 1 atom stereocenters. The van der Waals surface area contributed by atoms with Gasteiger partial charge in [-0.25, -0.2) is 4.79 Å². The Kier molecular flexibility index (Phi) is 5.76. The quantitative estimate of drug-likeness (QED) is 0.843. The zero-order valence-electron chi connectivity index (χ0n) is 13.0. The number of aryl methyl sites for hydroxylation is 1. The minimum absolute atomic E-state index is 0.243. The van der Waals surface area contributed by atoms with Crippen molar-refractivity contribution in [1.82, 2.24) is 5.32 Å². The van der Waals surface area contributed by atoms with E-state index in [2.05, 4.69) is 5.32 Å². The average Bonchev–Trinajstić information content (AvgIpc) is 2.41. The third kappa shape index (κ3) is 5.45. The molecule has 1 rings (SSSR count). The molecular weight excluding hydrogens is 270 g/mol. The number of nitrogens with one attached hydrogen (secondary N) is 1. The minimum Gasteiger partial charge on any atom is -0.497 e. The molecule has 0 saturated carbocycles. The zero-order valence-corrected chi connectivity index (χ0v) is 13.0. The van der Waals surface area contributed by atoms with E-state index in [-0.39, 0.29) is 12.3 Å². The summed E-state index contributed by atoms with van der Waals surface area (Å²) in [7, 11) is 1.59. The summed E-state index contributed by atoms with van der Waals surface area (Å²) < 4.78 is 5.12. The van der Waals surface area contributed by atoms with Gasteiger partial charge in [-0.3, -0.25) is 4.79 Å². The Balaban J connectivity index is 2.59. The summed E-state index contributed by atoms with van der Waals surface area (Å²) >= 11 is 0. The molecule has 1 aromatic rings. The molecule has 0 spiro atoms. The van der Waals surface area contributed by atoms with Crippen molar-refractivity contribution in [3.8, 4) is 5.75 Å². The number of carbonyl (C=O) groups excluding carboxylic acids is 1. The van der Waals surface area contributed by atoms with Crippen LogP contribution in [-0.2, 0) is 16.0 Å². The van der Waals surface area contributed by atoms with Crippen molar-refractivity contribution in [3.05, 3.63) is 29.8 Å². The predicted molar refractivity (Wildman–Crippen MR) is 80.3 cm³/mol. The van der Waals surface area contributed by atoms with Gasteiger partial charge in [0.25, 0.3) is 0 Å². The third-order valence-electron chi connectivity index (χ3n) is 3.19. The molecule has 0 aromatic heterocycles. The number of benzene rings is 1. The van der Waals surface area contributed by atoms with Crippen LogP contribution in [0.2, 0.25) is 0 Å². The number of hydrogen-bond acceptors (Lipinski definition) is 3. The molecule has 0 radical (unpaired) electrons. The van der Waals surface area contributed by atoms with Gasteiger partial charge in [-0.1, -0.05) is 32.9 Å². The zero-order chi connectivity index (χ0) is 16.0. The van der Waals surface area contributed by atoms with Crippen molar-refractivity contribution in [2.75, 3.05) is 7.11 Å². The number of ether oxygens (including phenoxy) is 1. The Morgan fingerprint density at radius 3 is 2.52 bits per heavy atom. The summed E-state index contributed by atoms with van der Waals surface area (Å²) in [6.45, 7) is 5.36. The van der Waals surface area contributed by atoms with Gasteiger partial charge in [-0.2, -0.15) is 0 Å². The highest BCUT2D eigenvalue weighted by molar-refractivity contribution is 5.84. The lowest BCUT2D eigenvalue weighted by molar-refractivity contribution is -0.144. The van der Waals surface area contributed by atoms with Crippen molar-refractivity contribution in [2.45, 2.75) is 39.7 Å². The second-order valence-corrected chi connectivity index (χ2v) is 6.06. The SMILES string of the molecule is COc1cccc(CCC(=O)N[C@H](C(=O)O)C(C)(C)C)c1. The number of amides is 1. The molecule has 5 nitrogen and oxygen atoms in total.